The van der Waals surface area contributed by atoms with E-state index in [0.29, 0.717) is 31.7 Å². The Balaban J connectivity index is 2.20. The molecular formula is C19H29N3O4S. The molecule has 0 radical (unpaired) electrons. The van der Waals surface area contributed by atoms with Crippen LogP contribution >= 0.6 is 0 Å². The van der Waals surface area contributed by atoms with Crippen LogP contribution in [0.1, 0.15) is 44.0 Å². The monoisotopic (exact) mass is 395 g/mol. The summed E-state index contributed by atoms with van der Waals surface area (Å²) >= 11 is 0. The summed E-state index contributed by atoms with van der Waals surface area (Å²) in [5.41, 5.74) is 0.389. The molecule has 1 saturated heterocycles. The van der Waals surface area contributed by atoms with Crippen molar-refractivity contribution < 1.29 is 18.0 Å². The van der Waals surface area contributed by atoms with Crippen LogP contribution < -0.4 is 0 Å². The van der Waals surface area contributed by atoms with Crippen molar-refractivity contribution in [2.75, 3.05) is 39.3 Å². The highest BCUT2D eigenvalue weighted by molar-refractivity contribution is 7.89. The molecule has 1 fully saturated rings. The van der Waals surface area contributed by atoms with Crippen LogP contribution in [0.3, 0.4) is 0 Å². The van der Waals surface area contributed by atoms with Crippen LogP contribution in [-0.2, 0) is 14.8 Å². The molecule has 0 aliphatic carbocycles. The van der Waals surface area contributed by atoms with Gasteiger partial charge in [-0.1, -0.05) is 19.9 Å². The topological polar surface area (TPSA) is 78.0 Å². The number of rotatable bonds is 7. The van der Waals surface area contributed by atoms with Gasteiger partial charge in [-0.05, 0) is 31.0 Å². The highest BCUT2D eigenvalue weighted by Crippen LogP contribution is 2.20. The van der Waals surface area contributed by atoms with E-state index >= 15 is 0 Å². The second-order valence-electron chi connectivity index (χ2n) is 6.73. The third-order valence-electron chi connectivity index (χ3n) is 4.68. The Bertz CT molecular complexity index is 765. The van der Waals surface area contributed by atoms with E-state index in [-0.39, 0.29) is 29.8 Å². The van der Waals surface area contributed by atoms with Crippen LogP contribution in [0, 0.1) is 0 Å². The van der Waals surface area contributed by atoms with Gasteiger partial charge < -0.3 is 9.80 Å². The fourth-order valence-corrected chi connectivity index (χ4v) is 4.69. The van der Waals surface area contributed by atoms with Crippen molar-refractivity contribution >= 4 is 21.8 Å². The SMILES string of the molecule is CCCN(CCC)C(=O)c1cccc(S(=O)(=O)N2CCN(C(C)=O)CC2)c1. The lowest BCUT2D eigenvalue weighted by Crippen LogP contribution is -2.49. The van der Waals surface area contributed by atoms with E-state index in [1.165, 1.54) is 23.4 Å². The standard InChI is InChI=1S/C19H29N3O4S/c1-4-9-21(10-5-2)19(24)17-7-6-8-18(15-17)27(25,26)22-13-11-20(12-14-22)16(3)23/h6-8,15H,4-5,9-14H2,1-3H3. The molecule has 1 aromatic carbocycles. The Hall–Kier alpha value is -1.93. The molecule has 0 aromatic heterocycles. The largest absolute Gasteiger partial charge is 0.340 e. The van der Waals surface area contributed by atoms with Crippen molar-refractivity contribution in [3.05, 3.63) is 29.8 Å². The fourth-order valence-electron chi connectivity index (χ4n) is 3.22. The average Bonchev–Trinajstić information content (AvgIpc) is 2.67. The zero-order valence-electron chi connectivity index (χ0n) is 16.3. The first-order chi connectivity index (χ1) is 12.8. The molecule has 1 aliphatic heterocycles. The molecule has 0 N–H and O–H groups in total. The molecule has 0 saturated carbocycles. The molecule has 0 unspecified atom stereocenters. The highest BCUT2D eigenvalue weighted by atomic mass is 32.2. The number of hydrogen-bond acceptors (Lipinski definition) is 4. The molecular weight excluding hydrogens is 366 g/mol. The first-order valence-electron chi connectivity index (χ1n) is 9.46. The van der Waals surface area contributed by atoms with E-state index in [0.717, 1.165) is 12.8 Å². The summed E-state index contributed by atoms with van der Waals surface area (Å²) in [6.07, 6.45) is 1.70. The second kappa shape index (κ2) is 9.32. The number of benzene rings is 1. The molecule has 27 heavy (non-hydrogen) atoms. The van der Waals surface area contributed by atoms with Crippen molar-refractivity contribution in [1.29, 1.82) is 0 Å². The van der Waals surface area contributed by atoms with Crippen LogP contribution in [0.25, 0.3) is 0 Å². The third-order valence-corrected chi connectivity index (χ3v) is 6.57. The third kappa shape index (κ3) is 5.07. The minimum atomic E-state index is -3.69. The van der Waals surface area contributed by atoms with Gasteiger partial charge in [-0.2, -0.15) is 4.31 Å². The van der Waals surface area contributed by atoms with Gasteiger partial charge in [0.25, 0.3) is 5.91 Å². The molecule has 0 atom stereocenters. The molecule has 7 nitrogen and oxygen atoms in total. The van der Waals surface area contributed by atoms with E-state index in [4.69, 9.17) is 0 Å². The first-order valence-corrected chi connectivity index (χ1v) is 10.9. The summed E-state index contributed by atoms with van der Waals surface area (Å²) in [4.78, 5) is 27.7. The van der Waals surface area contributed by atoms with Crippen LogP contribution in [0.4, 0.5) is 0 Å². The van der Waals surface area contributed by atoms with Crippen LogP contribution in [0.2, 0.25) is 0 Å². The number of amides is 2. The Labute approximate surface area is 162 Å². The van der Waals surface area contributed by atoms with Gasteiger partial charge in [-0.25, -0.2) is 8.42 Å². The Morgan fingerprint density at radius 3 is 2.15 bits per heavy atom. The number of carbonyl (C=O) groups excluding carboxylic acids is 2. The summed E-state index contributed by atoms with van der Waals surface area (Å²) in [6.45, 7) is 8.09. The summed E-state index contributed by atoms with van der Waals surface area (Å²) in [7, 11) is -3.69. The smallest absolute Gasteiger partial charge is 0.253 e. The number of carbonyl (C=O) groups is 2. The minimum absolute atomic E-state index is 0.0495. The summed E-state index contributed by atoms with van der Waals surface area (Å²) < 4.78 is 27.3. The minimum Gasteiger partial charge on any atom is -0.340 e. The summed E-state index contributed by atoms with van der Waals surface area (Å²) in [6, 6.07) is 6.26. The van der Waals surface area contributed by atoms with E-state index in [9.17, 15) is 18.0 Å². The number of hydrogen-bond donors (Lipinski definition) is 0. The lowest BCUT2D eigenvalue weighted by atomic mass is 10.2. The van der Waals surface area contributed by atoms with Crippen LogP contribution in [-0.4, -0.2) is 73.6 Å². The molecule has 1 aliphatic rings. The Kier molecular flexibility index (Phi) is 7.38. The van der Waals surface area contributed by atoms with Gasteiger partial charge in [-0.15, -0.1) is 0 Å². The van der Waals surface area contributed by atoms with E-state index in [1.807, 2.05) is 13.8 Å². The molecule has 2 rings (SSSR count). The zero-order valence-corrected chi connectivity index (χ0v) is 17.2. The van der Waals surface area contributed by atoms with Crippen LogP contribution in [0.5, 0.6) is 0 Å². The molecule has 150 valence electrons. The predicted molar refractivity (Wildman–Crippen MR) is 104 cm³/mol. The Morgan fingerprint density at radius 1 is 1.04 bits per heavy atom. The van der Waals surface area contributed by atoms with Gasteiger partial charge in [-0.3, -0.25) is 9.59 Å². The van der Waals surface area contributed by atoms with Crippen molar-refractivity contribution in [3.63, 3.8) is 0 Å². The zero-order chi connectivity index (χ0) is 20.0. The quantitative estimate of drug-likeness (QED) is 0.705. The maximum absolute atomic E-state index is 13.0. The number of piperazine rings is 1. The second-order valence-corrected chi connectivity index (χ2v) is 8.67. The maximum atomic E-state index is 13.0. The van der Waals surface area contributed by atoms with Gasteiger partial charge in [0.05, 0.1) is 4.90 Å². The Morgan fingerprint density at radius 2 is 1.63 bits per heavy atom. The molecule has 1 heterocycles. The van der Waals surface area contributed by atoms with E-state index < -0.39 is 10.0 Å². The first kappa shape index (κ1) is 21.4. The molecule has 0 spiro atoms. The molecule has 2 amide bonds. The van der Waals surface area contributed by atoms with Gasteiger partial charge >= 0.3 is 0 Å². The maximum Gasteiger partial charge on any atom is 0.253 e. The van der Waals surface area contributed by atoms with Crippen molar-refractivity contribution in [3.8, 4) is 0 Å². The highest BCUT2D eigenvalue weighted by Gasteiger charge is 2.30. The predicted octanol–water partition coefficient (Wildman–Crippen LogP) is 1.80. The summed E-state index contributed by atoms with van der Waals surface area (Å²) in [5, 5.41) is 0. The lowest BCUT2D eigenvalue weighted by Gasteiger charge is -2.33. The van der Waals surface area contributed by atoms with Crippen molar-refractivity contribution in [2.45, 2.75) is 38.5 Å². The fraction of sp³-hybridized carbons (Fsp3) is 0.579. The van der Waals surface area contributed by atoms with E-state index in [2.05, 4.69) is 0 Å². The number of sulfonamides is 1. The lowest BCUT2D eigenvalue weighted by molar-refractivity contribution is -0.129. The van der Waals surface area contributed by atoms with Crippen molar-refractivity contribution in [1.82, 2.24) is 14.1 Å². The van der Waals surface area contributed by atoms with Gasteiger partial charge in [0, 0.05) is 51.8 Å². The van der Waals surface area contributed by atoms with Gasteiger partial charge in [0.1, 0.15) is 0 Å². The van der Waals surface area contributed by atoms with Crippen LogP contribution in [0.15, 0.2) is 29.2 Å². The molecule has 8 heteroatoms. The van der Waals surface area contributed by atoms with Gasteiger partial charge in [0.15, 0.2) is 0 Å². The van der Waals surface area contributed by atoms with Crippen molar-refractivity contribution in [2.24, 2.45) is 0 Å². The van der Waals surface area contributed by atoms with E-state index in [1.54, 1.807) is 21.9 Å². The summed E-state index contributed by atoms with van der Waals surface area (Å²) in [5.74, 6) is -0.191. The molecule has 0 bridgehead atoms. The average molecular weight is 396 g/mol. The normalized spacial score (nSPS) is 15.6. The number of nitrogens with zero attached hydrogens (tertiary/aromatic N) is 3. The molecule has 1 aromatic rings. The van der Waals surface area contributed by atoms with Gasteiger partial charge in [0.2, 0.25) is 15.9 Å².